The Bertz CT molecular complexity index is 697. The Morgan fingerprint density at radius 1 is 1.05 bits per heavy atom. The Morgan fingerprint density at radius 3 is 2.15 bits per heavy atom. The molecule has 0 heterocycles. The maximum absolute atomic E-state index is 12.1. The lowest BCUT2D eigenvalue weighted by atomic mass is 10.1. The average molecular weight is 321 g/mol. The summed E-state index contributed by atoms with van der Waals surface area (Å²) < 4.78 is 50.5. The van der Waals surface area contributed by atoms with Crippen LogP contribution in [0, 0.1) is 13.8 Å². The van der Waals surface area contributed by atoms with E-state index < -0.39 is 20.0 Å². The van der Waals surface area contributed by atoms with Crippen molar-refractivity contribution in [1.29, 1.82) is 0 Å². The molecule has 0 aliphatic rings. The van der Waals surface area contributed by atoms with Crippen molar-refractivity contribution in [3.63, 3.8) is 0 Å². The second-order valence-corrected chi connectivity index (χ2v) is 8.11. The first-order chi connectivity index (χ1) is 9.03. The summed E-state index contributed by atoms with van der Waals surface area (Å²) >= 11 is 0. The molecule has 0 fully saturated rings. The van der Waals surface area contributed by atoms with Crippen molar-refractivity contribution in [2.24, 2.45) is 0 Å². The monoisotopic (exact) mass is 321 g/mol. The largest absolute Gasteiger partial charge is 0.398 e. The van der Waals surface area contributed by atoms with Crippen LogP contribution in [-0.2, 0) is 20.0 Å². The number of nitrogen functional groups attached to an aromatic ring is 1. The molecule has 0 atom stereocenters. The topological polar surface area (TPSA) is 118 Å². The Morgan fingerprint density at radius 2 is 1.60 bits per heavy atom. The molecule has 1 aromatic rings. The van der Waals surface area contributed by atoms with Crippen LogP contribution in [0.15, 0.2) is 17.0 Å². The number of nitrogens with one attached hydrogen (secondary N) is 2. The normalized spacial score (nSPS) is 12.6. The van der Waals surface area contributed by atoms with Crippen LogP contribution in [0.2, 0.25) is 0 Å². The third kappa shape index (κ3) is 4.75. The highest BCUT2D eigenvalue weighted by molar-refractivity contribution is 7.89. The third-order valence-corrected chi connectivity index (χ3v) is 4.93. The van der Waals surface area contributed by atoms with Gasteiger partial charge >= 0.3 is 0 Å². The van der Waals surface area contributed by atoms with Crippen LogP contribution in [0.25, 0.3) is 0 Å². The van der Waals surface area contributed by atoms with Gasteiger partial charge in [0, 0.05) is 18.8 Å². The van der Waals surface area contributed by atoms with Gasteiger partial charge in [0.25, 0.3) is 0 Å². The Kier molecular flexibility index (Phi) is 5.14. The number of benzene rings is 1. The van der Waals surface area contributed by atoms with E-state index in [1.165, 1.54) is 6.07 Å². The highest BCUT2D eigenvalue weighted by atomic mass is 32.2. The number of hydrogen-bond donors (Lipinski definition) is 3. The van der Waals surface area contributed by atoms with Gasteiger partial charge in [0.1, 0.15) is 0 Å². The van der Waals surface area contributed by atoms with Crippen molar-refractivity contribution in [1.82, 2.24) is 9.44 Å². The Balaban J connectivity index is 2.85. The molecule has 7 nitrogen and oxygen atoms in total. The molecule has 0 unspecified atom stereocenters. The quantitative estimate of drug-likeness (QED) is 0.491. The van der Waals surface area contributed by atoms with Crippen LogP contribution < -0.4 is 15.2 Å². The second-order valence-electron chi connectivity index (χ2n) is 4.54. The molecule has 0 aliphatic heterocycles. The summed E-state index contributed by atoms with van der Waals surface area (Å²) in [6.45, 7) is 3.32. The smallest absolute Gasteiger partial charge is 0.240 e. The molecule has 20 heavy (non-hydrogen) atoms. The molecular weight excluding hydrogens is 302 g/mol. The zero-order valence-electron chi connectivity index (χ0n) is 11.6. The van der Waals surface area contributed by atoms with Gasteiger partial charge in [-0.2, -0.15) is 0 Å². The first-order valence-corrected chi connectivity index (χ1v) is 9.21. The zero-order chi connectivity index (χ0) is 15.6. The molecule has 4 N–H and O–H groups in total. The van der Waals surface area contributed by atoms with Crippen LogP contribution in [-0.4, -0.2) is 36.2 Å². The van der Waals surface area contributed by atoms with Gasteiger partial charge < -0.3 is 5.73 Å². The van der Waals surface area contributed by atoms with E-state index in [1.807, 2.05) is 0 Å². The summed E-state index contributed by atoms with van der Waals surface area (Å²) in [5.41, 5.74) is 7.36. The third-order valence-electron chi connectivity index (χ3n) is 2.62. The standard InChI is InChI=1S/C11H19N3O4S2/c1-8-6-10(12)9(2)11(7-8)20(17,18)14-5-4-13-19(3,15)16/h6-7,13-14H,4-5,12H2,1-3H3. The minimum atomic E-state index is -3.72. The fourth-order valence-electron chi connectivity index (χ4n) is 1.63. The molecule has 0 aliphatic carbocycles. The maximum Gasteiger partial charge on any atom is 0.240 e. The number of anilines is 1. The van der Waals surface area contributed by atoms with Gasteiger partial charge in [-0.25, -0.2) is 26.3 Å². The Labute approximate surface area is 119 Å². The SMILES string of the molecule is Cc1cc(N)c(C)c(S(=O)(=O)NCCNS(C)(=O)=O)c1. The molecule has 1 aromatic carbocycles. The first-order valence-electron chi connectivity index (χ1n) is 5.84. The lowest BCUT2D eigenvalue weighted by Crippen LogP contribution is -2.34. The molecule has 0 saturated heterocycles. The summed E-state index contributed by atoms with van der Waals surface area (Å²) in [7, 11) is -7.05. The molecule has 1 rings (SSSR count). The van der Waals surface area contributed by atoms with Gasteiger partial charge in [-0.1, -0.05) is 0 Å². The van der Waals surface area contributed by atoms with Gasteiger partial charge in [-0.15, -0.1) is 0 Å². The zero-order valence-corrected chi connectivity index (χ0v) is 13.2. The predicted octanol–water partition coefficient (Wildman–Crippen LogP) is -0.287. The fourth-order valence-corrected chi connectivity index (χ4v) is 3.49. The molecule has 114 valence electrons. The van der Waals surface area contributed by atoms with E-state index in [1.54, 1.807) is 19.9 Å². The van der Waals surface area contributed by atoms with Crippen molar-refractivity contribution in [3.05, 3.63) is 23.3 Å². The summed E-state index contributed by atoms with van der Waals surface area (Å²) in [6, 6.07) is 3.22. The van der Waals surface area contributed by atoms with E-state index in [2.05, 4.69) is 9.44 Å². The number of aryl methyl sites for hydroxylation is 1. The van der Waals surface area contributed by atoms with Gasteiger partial charge in [0.2, 0.25) is 20.0 Å². The van der Waals surface area contributed by atoms with Crippen LogP contribution in [0.1, 0.15) is 11.1 Å². The fraction of sp³-hybridized carbons (Fsp3) is 0.455. The lowest BCUT2D eigenvalue weighted by molar-refractivity contribution is 0.573. The second kappa shape index (κ2) is 6.08. The molecular formula is C11H19N3O4S2. The molecule has 0 amide bonds. The molecule has 0 saturated carbocycles. The summed E-state index contributed by atoms with van der Waals surface area (Å²) in [4.78, 5) is 0.106. The molecule has 0 bridgehead atoms. The minimum absolute atomic E-state index is 0.0155. The molecule has 9 heteroatoms. The van der Waals surface area contributed by atoms with Crippen LogP contribution >= 0.6 is 0 Å². The van der Waals surface area contributed by atoms with E-state index in [0.717, 1.165) is 11.8 Å². The minimum Gasteiger partial charge on any atom is -0.398 e. The van der Waals surface area contributed by atoms with E-state index >= 15 is 0 Å². The van der Waals surface area contributed by atoms with E-state index in [9.17, 15) is 16.8 Å². The van der Waals surface area contributed by atoms with Crippen molar-refractivity contribution in [2.45, 2.75) is 18.7 Å². The highest BCUT2D eigenvalue weighted by Gasteiger charge is 2.18. The number of sulfonamides is 2. The molecule has 0 aromatic heterocycles. The van der Waals surface area contributed by atoms with Gasteiger partial charge in [-0.3, -0.25) is 0 Å². The predicted molar refractivity (Wildman–Crippen MR) is 78.4 cm³/mol. The number of nitrogens with two attached hydrogens (primary N) is 1. The van der Waals surface area contributed by atoms with Crippen molar-refractivity contribution in [2.75, 3.05) is 25.1 Å². The van der Waals surface area contributed by atoms with Crippen LogP contribution in [0.5, 0.6) is 0 Å². The van der Waals surface area contributed by atoms with Crippen molar-refractivity contribution < 1.29 is 16.8 Å². The van der Waals surface area contributed by atoms with Gasteiger partial charge in [-0.05, 0) is 37.1 Å². The van der Waals surface area contributed by atoms with Crippen molar-refractivity contribution >= 4 is 25.7 Å². The summed E-state index contributed by atoms with van der Waals surface area (Å²) in [5, 5.41) is 0. The molecule has 0 radical (unpaired) electrons. The maximum atomic E-state index is 12.1. The average Bonchev–Trinajstić information content (AvgIpc) is 2.28. The number of hydrogen-bond acceptors (Lipinski definition) is 5. The van der Waals surface area contributed by atoms with Gasteiger partial charge in [0.05, 0.1) is 11.2 Å². The van der Waals surface area contributed by atoms with Crippen molar-refractivity contribution in [3.8, 4) is 0 Å². The lowest BCUT2D eigenvalue weighted by Gasteiger charge is -2.12. The number of rotatable bonds is 6. The van der Waals surface area contributed by atoms with Gasteiger partial charge in [0.15, 0.2) is 0 Å². The van der Waals surface area contributed by atoms with E-state index in [-0.39, 0.29) is 18.0 Å². The van der Waals surface area contributed by atoms with Crippen LogP contribution in [0.3, 0.4) is 0 Å². The Hall–Kier alpha value is -1.16. The summed E-state index contributed by atoms with van der Waals surface area (Å²) in [6.07, 6.45) is 1.01. The van der Waals surface area contributed by atoms with E-state index in [4.69, 9.17) is 5.73 Å². The van der Waals surface area contributed by atoms with Crippen LogP contribution in [0.4, 0.5) is 5.69 Å². The summed E-state index contributed by atoms with van der Waals surface area (Å²) in [5.74, 6) is 0. The highest BCUT2D eigenvalue weighted by Crippen LogP contribution is 2.22. The molecule has 0 spiro atoms. The van der Waals surface area contributed by atoms with E-state index in [0.29, 0.717) is 11.3 Å². The first kappa shape index (κ1) is 16.9.